The van der Waals surface area contributed by atoms with Crippen LogP contribution in [0.25, 0.3) is 5.57 Å². The average molecular weight is 338 g/mol. The Morgan fingerprint density at radius 1 is 1.16 bits per heavy atom. The summed E-state index contributed by atoms with van der Waals surface area (Å²) in [6, 6.07) is 14.6. The van der Waals surface area contributed by atoms with Gasteiger partial charge in [0.05, 0.1) is 11.7 Å². The Balaban J connectivity index is 1.47. The fourth-order valence-corrected chi connectivity index (χ4v) is 3.69. The van der Waals surface area contributed by atoms with E-state index < -0.39 is 5.95 Å². The van der Waals surface area contributed by atoms with Gasteiger partial charge >= 0.3 is 6.09 Å². The molecule has 1 amide bonds. The molecule has 4 rings (SSSR count). The molecule has 1 aromatic carbocycles. The number of carbonyl (C=O) groups is 1. The molecule has 25 heavy (non-hydrogen) atoms. The topological polar surface area (TPSA) is 42.4 Å². The minimum atomic E-state index is -0.476. The molecule has 2 aromatic rings. The molecule has 2 unspecified atom stereocenters. The summed E-state index contributed by atoms with van der Waals surface area (Å²) >= 11 is 0. The van der Waals surface area contributed by atoms with E-state index in [9.17, 15) is 9.18 Å². The highest BCUT2D eigenvalue weighted by Crippen LogP contribution is 2.38. The minimum Gasteiger partial charge on any atom is -0.445 e. The third-order valence-corrected chi connectivity index (χ3v) is 4.86. The first-order valence-electron chi connectivity index (χ1n) is 8.53. The van der Waals surface area contributed by atoms with E-state index in [0.717, 1.165) is 24.0 Å². The Bertz CT molecular complexity index is 806. The van der Waals surface area contributed by atoms with Crippen LogP contribution in [-0.2, 0) is 11.3 Å². The molecule has 2 atom stereocenters. The summed E-state index contributed by atoms with van der Waals surface area (Å²) in [5.74, 6) is -0.476. The predicted octanol–water partition coefficient (Wildman–Crippen LogP) is 4.18. The van der Waals surface area contributed by atoms with Crippen molar-refractivity contribution in [1.82, 2.24) is 9.88 Å². The number of rotatable bonds is 3. The maximum Gasteiger partial charge on any atom is 0.410 e. The molecular weight excluding hydrogens is 319 g/mol. The van der Waals surface area contributed by atoms with E-state index >= 15 is 0 Å². The first-order valence-corrected chi connectivity index (χ1v) is 8.53. The molecule has 0 radical (unpaired) electrons. The van der Waals surface area contributed by atoms with Gasteiger partial charge in [0.2, 0.25) is 5.95 Å². The van der Waals surface area contributed by atoms with Gasteiger partial charge in [0.15, 0.2) is 0 Å². The molecule has 128 valence electrons. The zero-order valence-electron chi connectivity index (χ0n) is 13.8. The Kier molecular flexibility index (Phi) is 4.22. The Hall–Kier alpha value is -2.69. The molecular formula is C20H19FN2O2. The summed E-state index contributed by atoms with van der Waals surface area (Å²) < 4.78 is 18.9. The van der Waals surface area contributed by atoms with Crippen LogP contribution in [0.3, 0.4) is 0 Å². The Labute approximate surface area is 145 Å². The van der Waals surface area contributed by atoms with Crippen molar-refractivity contribution in [2.24, 2.45) is 0 Å². The number of ether oxygens (including phenoxy) is 1. The van der Waals surface area contributed by atoms with Gasteiger partial charge in [-0.15, -0.1) is 0 Å². The highest BCUT2D eigenvalue weighted by molar-refractivity contribution is 5.74. The number of benzene rings is 1. The average Bonchev–Trinajstić information content (AvgIpc) is 2.90. The number of nitrogens with zero attached hydrogens (tertiary/aromatic N) is 2. The molecule has 2 bridgehead atoms. The maximum atomic E-state index is 13.4. The van der Waals surface area contributed by atoms with E-state index in [1.54, 1.807) is 6.07 Å². The molecule has 1 saturated heterocycles. The zero-order valence-corrected chi connectivity index (χ0v) is 13.8. The molecule has 0 N–H and O–H groups in total. The fourth-order valence-electron chi connectivity index (χ4n) is 3.69. The van der Waals surface area contributed by atoms with Gasteiger partial charge in [0.25, 0.3) is 0 Å². The van der Waals surface area contributed by atoms with Gasteiger partial charge in [-0.25, -0.2) is 9.78 Å². The molecule has 3 heterocycles. The van der Waals surface area contributed by atoms with Crippen molar-refractivity contribution < 1.29 is 13.9 Å². The van der Waals surface area contributed by atoms with Crippen molar-refractivity contribution in [2.45, 2.75) is 38.0 Å². The number of fused-ring (bicyclic) bond motifs is 2. The molecule has 1 aromatic heterocycles. The predicted molar refractivity (Wildman–Crippen MR) is 92.1 cm³/mol. The second-order valence-electron chi connectivity index (χ2n) is 6.49. The van der Waals surface area contributed by atoms with E-state index in [4.69, 9.17) is 4.74 Å². The van der Waals surface area contributed by atoms with Crippen LogP contribution in [0.4, 0.5) is 9.18 Å². The van der Waals surface area contributed by atoms with Crippen molar-refractivity contribution >= 4 is 11.7 Å². The summed E-state index contributed by atoms with van der Waals surface area (Å²) in [6.45, 7) is 0.275. The summed E-state index contributed by atoms with van der Waals surface area (Å²) in [6.07, 6.45) is 4.28. The number of hydrogen-bond acceptors (Lipinski definition) is 3. The monoisotopic (exact) mass is 338 g/mol. The van der Waals surface area contributed by atoms with Gasteiger partial charge in [0, 0.05) is 6.04 Å². The first kappa shape index (κ1) is 15.8. The molecule has 0 saturated carbocycles. The normalized spacial score (nSPS) is 21.8. The summed E-state index contributed by atoms with van der Waals surface area (Å²) in [4.78, 5) is 18.3. The van der Waals surface area contributed by atoms with Gasteiger partial charge in [-0.3, -0.25) is 4.90 Å². The SMILES string of the molecule is O=C(OCc1ccccc1)N1C2C=C(c3cccc(F)n3)CC1CC2. The zero-order chi connectivity index (χ0) is 17.2. The number of hydrogen-bond donors (Lipinski definition) is 0. The molecule has 2 aliphatic rings. The number of amides is 1. The van der Waals surface area contributed by atoms with Gasteiger partial charge < -0.3 is 4.74 Å². The third kappa shape index (κ3) is 3.27. The van der Waals surface area contributed by atoms with Crippen LogP contribution in [0.1, 0.15) is 30.5 Å². The Morgan fingerprint density at radius 2 is 2.00 bits per heavy atom. The summed E-state index contributed by atoms with van der Waals surface area (Å²) in [5.41, 5.74) is 2.65. The van der Waals surface area contributed by atoms with Crippen molar-refractivity contribution in [3.8, 4) is 0 Å². The molecule has 2 aliphatic heterocycles. The molecule has 5 heteroatoms. The lowest BCUT2D eigenvalue weighted by molar-refractivity contribution is 0.0832. The van der Waals surface area contributed by atoms with E-state index in [1.807, 2.05) is 47.4 Å². The molecule has 1 fully saturated rings. The van der Waals surface area contributed by atoms with Crippen LogP contribution in [0, 0.1) is 5.95 Å². The van der Waals surface area contributed by atoms with Crippen LogP contribution < -0.4 is 0 Å². The van der Waals surface area contributed by atoms with E-state index in [0.29, 0.717) is 12.1 Å². The quantitative estimate of drug-likeness (QED) is 0.789. The Morgan fingerprint density at radius 3 is 2.76 bits per heavy atom. The van der Waals surface area contributed by atoms with Gasteiger partial charge in [-0.2, -0.15) is 4.39 Å². The van der Waals surface area contributed by atoms with Crippen molar-refractivity contribution in [1.29, 1.82) is 0 Å². The number of halogens is 1. The van der Waals surface area contributed by atoms with Crippen molar-refractivity contribution in [3.05, 3.63) is 71.8 Å². The van der Waals surface area contributed by atoms with E-state index in [-0.39, 0.29) is 24.8 Å². The molecule has 0 spiro atoms. The van der Waals surface area contributed by atoms with Gasteiger partial charge in [-0.1, -0.05) is 42.5 Å². The van der Waals surface area contributed by atoms with Gasteiger partial charge in [-0.05, 0) is 42.5 Å². The van der Waals surface area contributed by atoms with Crippen LogP contribution in [0.5, 0.6) is 0 Å². The second kappa shape index (κ2) is 6.67. The van der Waals surface area contributed by atoms with E-state index in [2.05, 4.69) is 4.98 Å². The van der Waals surface area contributed by atoms with Crippen LogP contribution in [-0.4, -0.2) is 28.1 Å². The highest BCUT2D eigenvalue weighted by Gasteiger charge is 2.40. The van der Waals surface area contributed by atoms with Crippen molar-refractivity contribution in [3.63, 3.8) is 0 Å². The summed E-state index contributed by atoms with van der Waals surface area (Å²) in [5, 5.41) is 0. The smallest absolute Gasteiger partial charge is 0.410 e. The lowest BCUT2D eigenvalue weighted by Crippen LogP contribution is -2.43. The minimum absolute atomic E-state index is 0.00194. The largest absolute Gasteiger partial charge is 0.445 e. The highest BCUT2D eigenvalue weighted by atomic mass is 19.1. The van der Waals surface area contributed by atoms with Gasteiger partial charge in [0.1, 0.15) is 6.61 Å². The van der Waals surface area contributed by atoms with Crippen molar-refractivity contribution in [2.75, 3.05) is 0 Å². The summed E-state index contributed by atoms with van der Waals surface area (Å²) in [7, 11) is 0. The lowest BCUT2D eigenvalue weighted by atomic mass is 9.98. The van der Waals surface area contributed by atoms with E-state index in [1.165, 1.54) is 6.07 Å². The standard InChI is InChI=1S/C20H19FN2O2/c21-19-8-4-7-18(22-19)15-11-16-9-10-17(12-15)23(16)20(24)25-13-14-5-2-1-3-6-14/h1-8,11,16-17H,9-10,12-13H2. The molecule has 0 aliphatic carbocycles. The second-order valence-corrected chi connectivity index (χ2v) is 6.49. The third-order valence-electron chi connectivity index (χ3n) is 4.86. The number of aromatic nitrogens is 1. The molecule has 4 nitrogen and oxygen atoms in total. The van der Waals surface area contributed by atoms with Crippen LogP contribution in [0.2, 0.25) is 0 Å². The fraction of sp³-hybridized carbons (Fsp3) is 0.300. The maximum absolute atomic E-state index is 13.4. The van der Waals surface area contributed by atoms with Crippen LogP contribution >= 0.6 is 0 Å². The lowest BCUT2D eigenvalue weighted by Gasteiger charge is -2.33. The first-order chi connectivity index (χ1) is 12.2. The number of carbonyl (C=O) groups excluding carboxylic acids is 1. The number of pyridine rings is 1. The van der Waals surface area contributed by atoms with Crippen LogP contribution in [0.15, 0.2) is 54.6 Å².